The Morgan fingerprint density at radius 2 is 1.90 bits per heavy atom. The SMILES string of the molecule is Cc1c(S(=O)(=O)N2CCC[C@@H](C(=O)N[C@H](C)CN(C(C)C)C(C)C)C2)cnn1C. The largest absolute Gasteiger partial charge is 0.352 e. The minimum atomic E-state index is -3.65. The summed E-state index contributed by atoms with van der Waals surface area (Å²) in [6.07, 6.45) is 2.77. The molecule has 0 bridgehead atoms. The van der Waals surface area contributed by atoms with E-state index in [0.29, 0.717) is 37.2 Å². The van der Waals surface area contributed by atoms with Gasteiger partial charge in [0.15, 0.2) is 0 Å². The number of hydrogen-bond acceptors (Lipinski definition) is 5. The summed E-state index contributed by atoms with van der Waals surface area (Å²) in [7, 11) is -1.92. The molecule has 8 nitrogen and oxygen atoms in total. The van der Waals surface area contributed by atoms with E-state index in [2.05, 4.69) is 43.0 Å². The summed E-state index contributed by atoms with van der Waals surface area (Å²) in [6, 6.07) is 0.791. The van der Waals surface area contributed by atoms with Gasteiger partial charge < -0.3 is 5.32 Å². The second-order valence-corrected chi connectivity index (χ2v) is 10.6. The van der Waals surface area contributed by atoms with E-state index in [-0.39, 0.29) is 29.3 Å². The Labute approximate surface area is 175 Å². The van der Waals surface area contributed by atoms with Gasteiger partial charge in [-0.3, -0.25) is 14.4 Å². The Kier molecular flexibility index (Phi) is 7.86. The molecule has 1 aliphatic heterocycles. The lowest BCUT2D eigenvalue weighted by Gasteiger charge is -2.35. The Bertz CT molecular complexity index is 795. The van der Waals surface area contributed by atoms with Crippen molar-refractivity contribution in [2.45, 2.75) is 77.4 Å². The molecule has 2 atom stereocenters. The van der Waals surface area contributed by atoms with Crippen LogP contribution in [0.25, 0.3) is 0 Å². The van der Waals surface area contributed by atoms with Gasteiger partial charge in [-0.05, 0) is 54.4 Å². The number of sulfonamides is 1. The summed E-state index contributed by atoms with van der Waals surface area (Å²) in [6.45, 7) is 13.8. The fraction of sp³-hybridized carbons (Fsp3) is 0.800. The molecule has 1 aromatic heterocycles. The van der Waals surface area contributed by atoms with Crippen molar-refractivity contribution in [3.8, 4) is 0 Å². The van der Waals surface area contributed by atoms with Crippen molar-refractivity contribution in [3.63, 3.8) is 0 Å². The molecule has 166 valence electrons. The third kappa shape index (κ3) is 5.58. The van der Waals surface area contributed by atoms with Crippen LogP contribution in [0, 0.1) is 12.8 Å². The van der Waals surface area contributed by atoms with E-state index in [9.17, 15) is 13.2 Å². The fourth-order valence-electron chi connectivity index (χ4n) is 3.99. The lowest BCUT2D eigenvalue weighted by atomic mass is 9.98. The molecule has 0 spiro atoms. The molecule has 29 heavy (non-hydrogen) atoms. The Balaban J connectivity index is 2.03. The van der Waals surface area contributed by atoms with E-state index in [0.717, 1.165) is 6.54 Å². The molecule has 2 rings (SSSR count). The molecule has 0 radical (unpaired) electrons. The third-order valence-electron chi connectivity index (χ3n) is 5.76. The van der Waals surface area contributed by atoms with Gasteiger partial charge in [0, 0.05) is 44.8 Å². The van der Waals surface area contributed by atoms with Gasteiger partial charge in [-0.2, -0.15) is 9.40 Å². The summed E-state index contributed by atoms with van der Waals surface area (Å²) in [5.74, 6) is -0.391. The zero-order valence-corrected chi connectivity index (χ0v) is 19.7. The van der Waals surface area contributed by atoms with Crippen LogP contribution in [-0.2, 0) is 21.9 Å². The van der Waals surface area contributed by atoms with Gasteiger partial charge >= 0.3 is 0 Å². The van der Waals surface area contributed by atoms with Gasteiger partial charge in [0.2, 0.25) is 15.9 Å². The molecule has 1 aliphatic rings. The van der Waals surface area contributed by atoms with Crippen LogP contribution >= 0.6 is 0 Å². The highest BCUT2D eigenvalue weighted by Crippen LogP contribution is 2.25. The van der Waals surface area contributed by atoms with Crippen LogP contribution in [0.15, 0.2) is 11.1 Å². The number of nitrogens with zero attached hydrogens (tertiary/aromatic N) is 4. The van der Waals surface area contributed by atoms with Gasteiger partial charge in [-0.25, -0.2) is 8.42 Å². The van der Waals surface area contributed by atoms with Crippen molar-refractivity contribution in [2.75, 3.05) is 19.6 Å². The van der Waals surface area contributed by atoms with Gasteiger partial charge in [0.05, 0.1) is 17.8 Å². The number of carbonyl (C=O) groups is 1. The molecule has 1 saturated heterocycles. The average Bonchev–Trinajstić information content (AvgIpc) is 2.98. The number of piperidine rings is 1. The first-order valence-corrected chi connectivity index (χ1v) is 11.9. The first kappa shape index (κ1) is 23.8. The zero-order chi connectivity index (χ0) is 21.9. The predicted molar refractivity (Wildman–Crippen MR) is 114 cm³/mol. The maximum atomic E-state index is 13.0. The lowest BCUT2D eigenvalue weighted by molar-refractivity contribution is -0.126. The van der Waals surface area contributed by atoms with E-state index in [1.54, 1.807) is 18.7 Å². The number of aromatic nitrogens is 2. The summed E-state index contributed by atoms with van der Waals surface area (Å²) in [5, 5.41) is 7.15. The van der Waals surface area contributed by atoms with Crippen molar-refractivity contribution >= 4 is 15.9 Å². The highest BCUT2D eigenvalue weighted by molar-refractivity contribution is 7.89. The minimum absolute atomic E-state index is 0.000138. The average molecular weight is 428 g/mol. The molecule has 2 heterocycles. The van der Waals surface area contributed by atoms with Gasteiger partial charge in [-0.15, -0.1) is 0 Å². The lowest BCUT2D eigenvalue weighted by Crippen LogP contribution is -2.51. The standard InChI is InChI=1S/C20H37N5O3S/c1-14(2)25(15(3)4)12-16(5)22-20(26)18-9-8-10-24(13-18)29(27,28)19-11-21-23(7)17(19)6/h11,14-16,18H,8-10,12-13H2,1-7H3,(H,22,26)/t16-,18-/m1/s1. The van der Waals surface area contributed by atoms with Crippen LogP contribution in [0.1, 0.15) is 53.2 Å². The van der Waals surface area contributed by atoms with E-state index < -0.39 is 10.0 Å². The zero-order valence-electron chi connectivity index (χ0n) is 18.8. The summed E-state index contributed by atoms with van der Waals surface area (Å²) in [4.78, 5) is 15.4. The number of aryl methyl sites for hydroxylation is 1. The maximum Gasteiger partial charge on any atom is 0.246 e. The van der Waals surface area contributed by atoms with Crippen LogP contribution in [-0.4, -0.2) is 71.1 Å². The molecule has 0 aliphatic carbocycles. The molecular formula is C20H37N5O3S. The number of nitrogens with one attached hydrogen (secondary N) is 1. The molecule has 1 amide bonds. The van der Waals surface area contributed by atoms with E-state index >= 15 is 0 Å². The first-order valence-electron chi connectivity index (χ1n) is 10.5. The van der Waals surface area contributed by atoms with Crippen molar-refractivity contribution < 1.29 is 13.2 Å². The molecule has 1 N–H and O–H groups in total. The van der Waals surface area contributed by atoms with Gasteiger partial charge in [0.25, 0.3) is 0 Å². The van der Waals surface area contributed by atoms with Crippen LogP contribution in [0.4, 0.5) is 0 Å². The monoisotopic (exact) mass is 427 g/mol. The van der Waals surface area contributed by atoms with Crippen LogP contribution in [0.3, 0.4) is 0 Å². The normalized spacial score (nSPS) is 19.9. The molecular weight excluding hydrogens is 390 g/mol. The molecule has 0 unspecified atom stereocenters. The summed E-state index contributed by atoms with van der Waals surface area (Å²) in [5.41, 5.74) is 0.604. The van der Waals surface area contributed by atoms with Crippen molar-refractivity contribution in [2.24, 2.45) is 13.0 Å². The van der Waals surface area contributed by atoms with Crippen LogP contribution < -0.4 is 5.32 Å². The van der Waals surface area contributed by atoms with Crippen LogP contribution in [0.5, 0.6) is 0 Å². The fourth-order valence-corrected chi connectivity index (χ4v) is 5.70. The number of rotatable bonds is 8. The number of amides is 1. The highest BCUT2D eigenvalue weighted by atomic mass is 32.2. The van der Waals surface area contributed by atoms with Crippen molar-refractivity contribution in [1.29, 1.82) is 0 Å². The smallest absolute Gasteiger partial charge is 0.246 e. The van der Waals surface area contributed by atoms with Gasteiger partial charge in [0.1, 0.15) is 4.90 Å². The summed E-state index contributed by atoms with van der Waals surface area (Å²) < 4.78 is 29.1. The molecule has 0 saturated carbocycles. The predicted octanol–water partition coefficient (Wildman–Crippen LogP) is 1.75. The topological polar surface area (TPSA) is 87.5 Å². The quantitative estimate of drug-likeness (QED) is 0.683. The second kappa shape index (κ2) is 9.57. The Morgan fingerprint density at radius 1 is 1.28 bits per heavy atom. The first-order chi connectivity index (χ1) is 13.4. The molecule has 9 heteroatoms. The van der Waals surface area contributed by atoms with E-state index in [1.165, 1.54) is 10.5 Å². The molecule has 0 aromatic carbocycles. The second-order valence-electron chi connectivity index (χ2n) is 8.71. The number of hydrogen-bond donors (Lipinski definition) is 1. The Hall–Kier alpha value is -1.45. The third-order valence-corrected chi connectivity index (χ3v) is 7.73. The van der Waals surface area contributed by atoms with Crippen molar-refractivity contribution in [1.82, 2.24) is 24.3 Å². The van der Waals surface area contributed by atoms with E-state index in [4.69, 9.17) is 0 Å². The van der Waals surface area contributed by atoms with E-state index in [1.807, 2.05) is 6.92 Å². The molecule has 1 aromatic rings. The molecule has 1 fully saturated rings. The Morgan fingerprint density at radius 3 is 2.41 bits per heavy atom. The number of carbonyl (C=O) groups excluding carboxylic acids is 1. The minimum Gasteiger partial charge on any atom is -0.352 e. The van der Waals surface area contributed by atoms with Crippen molar-refractivity contribution in [3.05, 3.63) is 11.9 Å². The highest BCUT2D eigenvalue weighted by Gasteiger charge is 2.35. The van der Waals surface area contributed by atoms with Gasteiger partial charge in [-0.1, -0.05) is 0 Å². The summed E-state index contributed by atoms with van der Waals surface area (Å²) >= 11 is 0. The maximum absolute atomic E-state index is 13.0. The van der Waals surface area contributed by atoms with Crippen LogP contribution in [0.2, 0.25) is 0 Å².